The first-order valence-corrected chi connectivity index (χ1v) is 14.2. The van der Waals surface area contributed by atoms with Crippen LogP contribution in [0.3, 0.4) is 0 Å². The van der Waals surface area contributed by atoms with Crippen LogP contribution in [0.1, 0.15) is 26.5 Å². The largest absolute Gasteiger partial charge is 0.465 e. The highest BCUT2D eigenvalue weighted by atomic mass is 32.1. The number of aromatic nitrogens is 4. The molecule has 1 atom stereocenters. The highest BCUT2D eigenvalue weighted by Gasteiger charge is 2.31. The summed E-state index contributed by atoms with van der Waals surface area (Å²) < 4.78 is 26.0. The van der Waals surface area contributed by atoms with Gasteiger partial charge in [-0.2, -0.15) is 5.10 Å². The molecule has 0 saturated carbocycles. The van der Waals surface area contributed by atoms with Gasteiger partial charge in [-0.3, -0.25) is 9.65 Å². The van der Waals surface area contributed by atoms with E-state index in [4.69, 9.17) is 9.26 Å². The van der Waals surface area contributed by atoms with Gasteiger partial charge in [0.05, 0.1) is 18.1 Å². The first-order valence-electron chi connectivity index (χ1n) is 11.8. The molecule has 5 rings (SSSR count). The zero-order valence-electron chi connectivity index (χ0n) is 21.6. The summed E-state index contributed by atoms with van der Waals surface area (Å²) >= 11 is 1.15. The molecule has 38 heavy (non-hydrogen) atoms. The third-order valence-corrected chi connectivity index (χ3v) is 9.31. The minimum Gasteiger partial charge on any atom is -0.465 e. The number of rotatable bonds is 7. The molecule has 1 unspecified atom stereocenters. The number of methoxy groups -OCH3 is 1. The van der Waals surface area contributed by atoms with E-state index in [1.165, 1.54) is 14.2 Å². The summed E-state index contributed by atoms with van der Waals surface area (Å²) in [6, 6.07) is 17.1. The fourth-order valence-corrected chi connectivity index (χ4v) is 6.80. The van der Waals surface area contributed by atoms with Crippen molar-refractivity contribution in [1.82, 2.24) is 19.6 Å². The number of carbonyl (C=O) groups excluding carboxylic acids is 1. The number of benzene rings is 2. The molecule has 9 nitrogen and oxygen atoms in total. The molecule has 194 valence electrons. The van der Waals surface area contributed by atoms with E-state index >= 15 is 0 Å². The lowest BCUT2D eigenvalue weighted by atomic mass is 10.1. The topological polar surface area (TPSA) is 108 Å². The molecule has 11 heteroatoms. The number of ether oxygens (including phenoxy) is 1. The SMILES string of the molecule is COC(=O)c1sc(-c2ccc(-c3cc4nc(C)ccn4n3)cc2)nc1NP(=O)(OC)c1ccc(C)cc1C. The van der Waals surface area contributed by atoms with Gasteiger partial charge in [-0.15, -0.1) is 11.3 Å². The number of aryl methyl sites for hydroxylation is 3. The second-order valence-corrected chi connectivity index (χ2v) is 12.0. The van der Waals surface area contributed by atoms with Crippen molar-refractivity contribution in [2.24, 2.45) is 0 Å². The maximum atomic E-state index is 13.9. The molecule has 0 aliphatic rings. The van der Waals surface area contributed by atoms with Gasteiger partial charge in [0, 0.05) is 36.2 Å². The molecule has 5 aromatic rings. The summed E-state index contributed by atoms with van der Waals surface area (Å²) in [5.74, 6) is -0.434. The lowest BCUT2D eigenvalue weighted by Gasteiger charge is -2.20. The van der Waals surface area contributed by atoms with Crippen LogP contribution in [0.5, 0.6) is 0 Å². The summed E-state index contributed by atoms with van der Waals surface area (Å²) in [4.78, 5) is 21.9. The van der Waals surface area contributed by atoms with Gasteiger partial charge >= 0.3 is 13.5 Å². The Labute approximate surface area is 224 Å². The van der Waals surface area contributed by atoms with E-state index in [1.807, 2.05) is 75.5 Å². The van der Waals surface area contributed by atoms with Crippen LogP contribution < -0.4 is 10.4 Å². The third-order valence-electron chi connectivity index (χ3n) is 6.07. The predicted octanol–water partition coefficient (Wildman–Crippen LogP) is 5.81. The van der Waals surface area contributed by atoms with E-state index in [9.17, 15) is 9.36 Å². The number of esters is 1. The van der Waals surface area contributed by atoms with Crippen LogP contribution in [0.4, 0.5) is 5.82 Å². The van der Waals surface area contributed by atoms with Crippen LogP contribution in [-0.2, 0) is 13.8 Å². The Morgan fingerprint density at radius 3 is 2.39 bits per heavy atom. The summed E-state index contributed by atoms with van der Waals surface area (Å²) in [5.41, 5.74) is 6.04. The molecule has 3 heterocycles. The minimum atomic E-state index is -3.58. The maximum absolute atomic E-state index is 13.9. The van der Waals surface area contributed by atoms with E-state index in [-0.39, 0.29) is 10.7 Å². The molecular weight excluding hydrogens is 521 g/mol. The summed E-state index contributed by atoms with van der Waals surface area (Å²) in [6.07, 6.45) is 1.88. The van der Waals surface area contributed by atoms with Gasteiger partial charge in [-0.25, -0.2) is 19.3 Å². The molecule has 0 amide bonds. The van der Waals surface area contributed by atoms with Crippen LogP contribution >= 0.6 is 18.9 Å². The van der Waals surface area contributed by atoms with Crippen molar-refractivity contribution >= 4 is 41.6 Å². The van der Waals surface area contributed by atoms with E-state index in [0.717, 1.165) is 50.6 Å². The summed E-state index contributed by atoms with van der Waals surface area (Å²) in [5, 5.41) is 8.60. The normalized spacial score (nSPS) is 12.9. The highest BCUT2D eigenvalue weighted by Crippen LogP contribution is 2.47. The molecule has 0 aliphatic heterocycles. The quantitative estimate of drug-likeness (QED) is 0.201. The molecule has 3 aromatic heterocycles. The molecule has 2 aromatic carbocycles. The van der Waals surface area contributed by atoms with Crippen molar-refractivity contribution in [1.29, 1.82) is 0 Å². The van der Waals surface area contributed by atoms with Crippen LogP contribution in [0, 0.1) is 20.8 Å². The Bertz CT molecular complexity index is 1710. The molecule has 0 bridgehead atoms. The van der Waals surface area contributed by atoms with Crippen molar-refractivity contribution in [2.45, 2.75) is 20.8 Å². The van der Waals surface area contributed by atoms with Crippen molar-refractivity contribution in [2.75, 3.05) is 19.3 Å². The molecule has 1 N–H and O–H groups in total. The number of thiazole rings is 1. The summed E-state index contributed by atoms with van der Waals surface area (Å²) in [6.45, 7) is 5.77. The van der Waals surface area contributed by atoms with Gasteiger partial charge in [0.15, 0.2) is 16.3 Å². The number of carbonyl (C=O) groups is 1. The number of hydrogen-bond acceptors (Lipinski definition) is 8. The molecule has 0 fully saturated rings. The number of nitrogens with one attached hydrogen (secondary N) is 1. The van der Waals surface area contributed by atoms with Crippen molar-refractivity contribution in [3.8, 4) is 21.8 Å². The number of fused-ring (bicyclic) bond motifs is 1. The van der Waals surface area contributed by atoms with E-state index in [1.54, 1.807) is 10.6 Å². The Morgan fingerprint density at radius 2 is 1.71 bits per heavy atom. The Balaban J connectivity index is 1.49. The van der Waals surface area contributed by atoms with Gasteiger partial charge in [0.1, 0.15) is 5.01 Å². The van der Waals surface area contributed by atoms with E-state index < -0.39 is 13.5 Å². The van der Waals surface area contributed by atoms with E-state index in [2.05, 4.69) is 20.2 Å². The number of hydrogen-bond donors (Lipinski definition) is 1. The lowest BCUT2D eigenvalue weighted by Crippen LogP contribution is -2.17. The standard InChI is InChI=1S/C27H26N5O4PS/c1-16-6-11-22(17(2)14-16)37(34,36-5)31-25-24(27(33)35-4)38-26(29-25)20-9-7-19(8-10-20)21-15-23-28-18(3)12-13-32(23)30-21/h6-15H,1-5H3,(H,31,34). The van der Waals surface area contributed by atoms with Gasteiger partial charge in [0.25, 0.3) is 0 Å². The zero-order valence-corrected chi connectivity index (χ0v) is 23.3. The maximum Gasteiger partial charge on any atom is 0.351 e. The molecule has 0 radical (unpaired) electrons. The number of anilines is 1. The van der Waals surface area contributed by atoms with Crippen molar-refractivity contribution < 1.29 is 18.6 Å². The van der Waals surface area contributed by atoms with Gasteiger partial charge in [0.2, 0.25) is 0 Å². The minimum absolute atomic E-state index is 0.146. The smallest absolute Gasteiger partial charge is 0.351 e. The van der Waals surface area contributed by atoms with Crippen molar-refractivity contribution in [3.63, 3.8) is 0 Å². The van der Waals surface area contributed by atoms with Gasteiger partial charge in [-0.1, -0.05) is 42.0 Å². The zero-order chi connectivity index (χ0) is 27.0. The third kappa shape index (κ3) is 4.86. The highest BCUT2D eigenvalue weighted by molar-refractivity contribution is 7.68. The van der Waals surface area contributed by atoms with Crippen LogP contribution in [0.15, 0.2) is 60.8 Å². The molecule has 0 spiro atoms. The monoisotopic (exact) mass is 547 g/mol. The average molecular weight is 548 g/mol. The molecular formula is C27H26N5O4PS. The Morgan fingerprint density at radius 1 is 0.974 bits per heavy atom. The average Bonchev–Trinajstić information content (AvgIpc) is 3.52. The Hall–Kier alpha value is -3.85. The fourth-order valence-electron chi connectivity index (χ4n) is 4.13. The molecule has 0 aliphatic carbocycles. The second kappa shape index (κ2) is 10.1. The van der Waals surface area contributed by atoms with Gasteiger partial charge < -0.3 is 9.26 Å². The lowest BCUT2D eigenvalue weighted by molar-refractivity contribution is 0.0607. The van der Waals surface area contributed by atoms with Crippen LogP contribution in [0.2, 0.25) is 0 Å². The second-order valence-electron chi connectivity index (χ2n) is 8.80. The van der Waals surface area contributed by atoms with E-state index in [0.29, 0.717) is 10.3 Å². The Kier molecular flexibility index (Phi) is 6.88. The predicted molar refractivity (Wildman–Crippen MR) is 149 cm³/mol. The number of nitrogens with zero attached hydrogens (tertiary/aromatic N) is 4. The van der Waals surface area contributed by atoms with Crippen molar-refractivity contribution in [3.05, 3.63) is 82.5 Å². The first kappa shape index (κ1) is 25.8. The van der Waals surface area contributed by atoms with Gasteiger partial charge in [-0.05, 0) is 38.5 Å². The van der Waals surface area contributed by atoms with Crippen LogP contribution in [0.25, 0.3) is 27.5 Å². The fraction of sp³-hybridized carbons (Fsp3) is 0.185. The first-order chi connectivity index (χ1) is 18.2. The molecule has 0 saturated heterocycles. The van der Waals surface area contributed by atoms with Crippen LogP contribution in [-0.4, -0.2) is 39.8 Å². The summed E-state index contributed by atoms with van der Waals surface area (Å²) in [7, 11) is -0.918.